The van der Waals surface area contributed by atoms with Crippen molar-refractivity contribution < 1.29 is 9.53 Å². The highest BCUT2D eigenvalue weighted by Gasteiger charge is 2.34. The third kappa shape index (κ3) is 3.54. The van der Waals surface area contributed by atoms with Crippen LogP contribution in [0.1, 0.15) is 38.6 Å². The number of rotatable bonds is 4. The molecule has 0 aliphatic carbocycles. The number of likely N-dealkylation sites (tertiary alicyclic amines) is 1. The van der Waals surface area contributed by atoms with Crippen molar-refractivity contribution in [3.05, 3.63) is 53.4 Å². The number of aromatic nitrogens is 3. The van der Waals surface area contributed by atoms with Crippen molar-refractivity contribution in [2.75, 3.05) is 13.2 Å². The van der Waals surface area contributed by atoms with Crippen molar-refractivity contribution >= 4 is 23.2 Å². The van der Waals surface area contributed by atoms with Gasteiger partial charge < -0.3 is 4.74 Å². The highest BCUT2D eigenvalue weighted by atomic mass is 35.5. The highest BCUT2D eigenvalue weighted by molar-refractivity contribution is 6.32. The van der Waals surface area contributed by atoms with Crippen LogP contribution in [-0.4, -0.2) is 38.5 Å². The van der Waals surface area contributed by atoms with E-state index in [1.165, 1.54) is 0 Å². The van der Waals surface area contributed by atoms with Crippen LogP contribution in [0.5, 0.6) is 0 Å². The van der Waals surface area contributed by atoms with Crippen LogP contribution in [-0.2, 0) is 4.74 Å². The number of hydrogen-bond donors (Lipinski definition) is 0. The molecule has 3 heterocycles. The minimum atomic E-state index is -0.316. The number of ether oxygens (including phenoxy) is 1. The summed E-state index contributed by atoms with van der Waals surface area (Å²) in [5.41, 5.74) is 1.71. The molecule has 1 aliphatic heterocycles. The lowest BCUT2D eigenvalue weighted by molar-refractivity contribution is 0.105. The van der Waals surface area contributed by atoms with E-state index < -0.39 is 0 Å². The smallest absolute Gasteiger partial charge is 0.410 e. The monoisotopic (exact) mass is 360 g/mol. The van der Waals surface area contributed by atoms with Gasteiger partial charge in [0.05, 0.1) is 12.2 Å². The lowest BCUT2D eigenvalue weighted by Gasteiger charge is -2.23. The van der Waals surface area contributed by atoms with Crippen molar-refractivity contribution in [2.24, 2.45) is 0 Å². The summed E-state index contributed by atoms with van der Waals surface area (Å²) in [6, 6.07) is -0.121. The molecular formula is C18H21ClN4O2. The molecule has 1 atom stereocenters. The average Bonchev–Trinajstić information content (AvgIpc) is 3.25. The van der Waals surface area contributed by atoms with Gasteiger partial charge in [0.1, 0.15) is 17.9 Å². The fourth-order valence-electron chi connectivity index (χ4n) is 3.09. The maximum atomic E-state index is 12.6. The lowest BCUT2D eigenvalue weighted by Crippen LogP contribution is -2.32. The van der Waals surface area contributed by atoms with E-state index in [1.807, 2.05) is 42.7 Å². The summed E-state index contributed by atoms with van der Waals surface area (Å²) in [6.45, 7) is 4.79. The molecule has 2 aromatic heterocycles. The van der Waals surface area contributed by atoms with Crippen molar-refractivity contribution in [3.63, 3.8) is 0 Å². The summed E-state index contributed by atoms with van der Waals surface area (Å²) in [7, 11) is 0. The second-order valence-electron chi connectivity index (χ2n) is 5.86. The first kappa shape index (κ1) is 17.5. The van der Waals surface area contributed by atoms with E-state index in [0.29, 0.717) is 11.7 Å². The fourth-order valence-corrected chi connectivity index (χ4v) is 3.28. The van der Waals surface area contributed by atoms with Crippen LogP contribution < -0.4 is 0 Å². The maximum absolute atomic E-state index is 12.6. The van der Waals surface area contributed by atoms with E-state index in [2.05, 4.69) is 9.97 Å². The molecule has 1 fully saturated rings. The van der Waals surface area contributed by atoms with Gasteiger partial charge in [-0.2, -0.15) is 0 Å². The molecule has 25 heavy (non-hydrogen) atoms. The molecule has 1 aliphatic rings. The molecule has 0 radical (unpaired) electrons. The van der Waals surface area contributed by atoms with E-state index in [9.17, 15) is 4.79 Å². The Labute approximate surface area is 151 Å². The van der Waals surface area contributed by atoms with Crippen molar-refractivity contribution in [1.82, 2.24) is 19.3 Å². The predicted molar refractivity (Wildman–Crippen MR) is 96.6 cm³/mol. The molecule has 0 N–H and O–H groups in total. The zero-order chi connectivity index (χ0) is 17.8. The largest absolute Gasteiger partial charge is 0.445 e. The second-order valence-corrected chi connectivity index (χ2v) is 6.22. The highest BCUT2D eigenvalue weighted by Crippen LogP contribution is 2.32. The Kier molecular flexibility index (Phi) is 5.38. The number of amides is 1. The normalized spacial score (nSPS) is 18.4. The summed E-state index contributed by atoms with van der Waals surface area (Å²) in [5, 5.41) is 0.400. The first-order valence-electron chi connectivity index (χ1n) is 8.34. The van der Waals surface area contributed by atoms with Crippen molar-refractivity contribution in [1.29, 1.82) is 0 Å². The molecule has 0 bridgehead atoms. The summed E-state index contributed by atoms with van der Waals surface area (Å²) in [5.74, 6) is 0.786. The van der Waals surface area contributed by atoms with Gasteiger partial charge in [-0.15, -0.1) is 0 Å². The third-order valence-electron chi connectivity index (χ3n) is 4.34. The zero-order valence-corrected chi connectivity index (χ0v) is 15.1. The lowest BCUT2D eigenvalue weighted by atomic mass is 10.2. The van der Waals surface area contributed by atoms with Crippen LogP contribution in [0.3, 0.4) is 0 Å². The van der Waals surface area contributed by atoms with E-state index >= 15 is 0 Å². The van der Waals surface area contributed by atoms with E-state index in [0.717, 1.165) is 29.8 Å². The summed E-state index contributed by atoms with van der Waals surface area (Å²) < 4.78 is 7.38. The van der Waals surface area contributed by atoms with Gasteiger partial charge in [0.15, 0.2) is 5.15 Å². The Hall–Kier alpha value is -2.34. The summed E-state index contributed by atoms with van der Waals surface area (Å²) in [6.07, 6.45) is 12.4. The minimum Gasteiger partial charge on any atom is -0.445 e. The Morgan fingerprint density at radius 3 is 3.04 bits per heavy atom. The van der Waals surface area contributed by atoms with Gasteiger partial charge in [0.2, 0.25) is 0 Å². The predicted octanol–water partition coefficient (Wildman–Crippen LogP) is 4.18. The Morgan fingerprint density at radius 2 is 2.28 bits per heavy atom. The first-order chi connectivity index (χ1) is 12.2. The molecule has 7 heteroatoms. The van der Waals surface area contributed by atoms with Gasteiger partial charge >= 0.3 is 6.09 Å². The Balaban J connectivity index is 1.78. The molecule has 2 aromatic rings. The first-order valence-corrected chi connectivity index (χ1v) is 8.72. The van der Waals surface area contributed by atoms with Gasteiger partial charge in [-0.05, 0) is 32.3 Å². The Bertz CT molecular complexity index is 828. The molecule has 1 amide bonds. The zero-order valence-electron chi connectivity index (χ0n) is 14.4. The average molecular weight is 361 g/mol. The maximum Gasteiger partial charge on any atom is 0.410 e. The molecule has 132 valence electrons. The van der Waals surface area contributed by atoms with Gasteiger partial charge in [-0.3, -0.25) is 9.30 Å². The summed E-state index contributed by atoms with van der Waals surface area (Å²) >= 11 is 6.12. The van der Waals surface area contributed by atoms with Crippen molar-refractivity contribution in [3.8, 4) is 0 Å². The molecule has 6 nitrogen and oxygen atoms in total. The third-order valence-corrected chi connectivity index (χ3v) is 4.63. The van der Waals surface area contributed by atoms with E-state index in [-0.39, 0.29) is 18.7 Å². The molecule has 1 saturated heterocycles. The van der Waals surface area contributed by atoms with E-state index in [4.69, 9.17) is 16.3 Å². The van der Waals surface area contributed by atoms with Crippen LogP contribution in [0.4, 0.5) is 4.79 Å². The van der Waals surface area contributed by atoms with Gasteiger partial charge in [0.25, 0.3) is 0 Å². The van der Waals surface area contributed by atoms with Gasteiger partial charge in [0, 0.05) is 18.9 Å². The van der Waals surface area contributed by atoms with Crippen LogP contribution in [0, 0.1) is 0 Å². The molecule has 1 unspecified atom stereocenters. The second kappa shape index (κ2) is 7.70. The topological polar surface area (TPSA) is 59.7 Å². The van der Waals surface area contributed by atoms with Gasteiger partial charge in [-0.1, -0.05) is 29.8 Å². The van der Waals surface area contributed by atoms with Gasteiger partial charge in [-0.25, -0.2) is 14.8 Å². The number of halogens is 1. The van der Waals surface area contributed by atoms with Crippen LogP contribution in [0.15, 0.2) is 42.4 Å². The van der Waals surface area contributed by atoms with Crippen LogP contribution in [0.25, 0.3) is 5.52 Å². The number of imidazole rings is 1. The van der Waals surface area contributed by atoms with Crippen molar-refractivity contribution in [2.45, 2.75) is 32.7 Å². The quantitative estimate of drug-likeness (QED) is 0.767. The summed E-state index contributed by atoms with van der Waals surface area (Å²) in [4.78, 5) is 22.8. The SMILES string of the molecule is C/C=C\C(=C/C)COC(=O)N1CCCC1c1ncc2c(Cl)nccn12. The standard InChI is InChI=1S/C18H21ClN4O2/c1-3-6-13(4-2)12-25-18(24)23-9-5-7-14(23)17-21-11-15-16(19)20-8-10-22(15)17/h3-4,6,8,10-11,14H,5,7,9,12H2,1-2H3/b6-3-,13-4+. The minimum absolute atomic E-state index is 0.121. The van der Waals surface area contributed by atoms with Crippen LogP contribution >= 0.6 is 11.6 Å². The van der Waals surface area contributed by atoms with E-state index in [1.54, 1.807) is 17.3 Å². The molecule has 0 saturated carbocycles. The molecule has 3 rings (SSSR count). The molecule has 0 spiro atoms. The number of allylic oxidation sites excluding steroid dienone is 2. The number of carbonyl (C=O) groups excluding carboxylic acids is 1. The number of carbonyl (C=O) groups is 1. The Morgan fingerprint density at radius 1 is 1.44 bits per heavy atom. The fraction of sp³-hybridized carbons (Fsp3) is 0.389. The molecular weight excluding hydrogens is 340 g/mol. The number of hydrogen-bond acceptors (Lipinski definition) is 4. The number of nitrogens with zero attached hydrogens (tertiary/aromatic N) is 4. The number of fused-ring (bicyclic) bond motifs is 1. The molecule has 0 aromatic carbocycles. The van der Waals surface area contributed by atoms with Crippen LogP contribution in [0.2, 0.25) is 5.15 Å².